The Hall–Kier alpha value is -7.16. The van der Waals surface area contributed by atoms with Crippen LogP contribution in [0.1, 0.15) is 25.0 Å². The molecule has 9 aromatic carbocycles. The largest absolute Gasteiger partial charge is 0.228 e. The molecule has 0 atom stereocenters. The molecule has 11 rings (SSSR count). The molecule has 10 aromatic rings. The lowest BCUT2D eigenvalue weighted by molar-refractivity contribution is 0.660. The molecule has 268 valence electrons. The molecular weight excluding hydrogens is 689 g/mol. The van der Waals surface area contributed by atoms with Crippen molar-refractivity contribution in [1.29, 1.82) is 0 Å². The molecule has 0 radical (unpaired) electrons. The van der Waals surface area contributed by atoms with Gasteiger partial charge in [0.2, 0.25) is 0 Å². The number of fused-ring (bicyclic) bond motifs is 7. The van der Waals surface area contributed by atoms with E-state index in [4.69, 9.17) is 9.97 Å². The maximum Gasteiger partial charge on any atom is 0.160 e. The van der Waals surface area contributed by atoms with Gasteiger partial charge in [-0.05, 0) is 95.0 Å². The highest BCUT2D eigenvalue weighted by Crippen LogP contribution is 2.50. The van der Waals surface area contributed by atoms with E-state index < -0.39 is 0 Å². The lowest BCUT2D eigenvalue weighted by atomic mass is 9.81. The van der Waals surface area contributed by atoms with Crippen molar-refractivity contribution in [3.63, 3.8) is 0 Å². The van der Waals surface area contributed by atoms with E-state index in [0.29, 0.717) is 5.82 Å². The molecule has 0 bridgehead atoms. The monoisotopic (exact) mass is 726 g/mol. The van der Waals surface area contributed by atoms with E-state index in [1.54, 1.807) is 0 Å². The Balaban J connectivity index is 1.14. The van der Waals surface area contributed by atoms with Crippen molar-refractivity contribution in [1.82, 2.24) is 9.97 Å². The maximum atomic E-state index is 5.38. The second-order valence-corrected chi connectivity index (χ2v) is 15.7. The van der Waals surface area contributed by atoms with Crippen LogP contribution in [0.4, 0.5) is 0 Å². The zero-order valence-corrected chi connectivity index (χ0v) is 31.9. The zero-order valence-electron chi connectivity index (χ0n) is 31.9. The summed E-state index contributed by atoms with van der Waals surface area (Å²) in [5.41, 5.74) is 14.9. The first-order valence-electron chi connectivity index (χ1n) is 19.7. The van der Waals surface area contributed by atoms with Gasteiger partial charge in [0.05, 0.1) is 11.4 Å². The third-order valence-electron chi connectivity index (χ3n) is 12.1. The molecule has 0 N–H and O–H groups in total. The van der Waals surface area contributed by atoms with E-state index in [0.717, 1.165) is 39.2 Å². The van der Waals surface area contributed by atoms with Gasteiger partial charge in [0, 0.05) is 22.1 Å². The van der Waals surface area contributed by atoms with E-state index in [1.165, 1.54) is 65.7 Å². The van der Waals surface area contributed by atoms with Crippen LogP contribution in [-0.4, -0.2) is 9.97 Å². The summed E-state index contributed by atoms with van der Waals surface area (Å²) in [6, 6.07) is 70.2. The van der Waals surface area contributed by atoms with Crippen LogP contribution in [0.3, 0.4) is 0 Å². The highest BCUT2D eigenvalue weighted by atomic mass is 14.9. The minimum absolute atomic E-state index is 0.0960. The van der Waals surface area contributed by atoms with E-state index >= 15 is 0 Å². The van der Waals surface area contributed by atoms with Crippen molar-refractivity contribution in [3.05, 3.63) is 205 Å². The highest BCUT2D eigenvalue weighted by molar-refractivity contribution is 6.21. The standard InChI is InChI=1S/C55H38N2/c1-55(2)49-27-15-14-23-42(49)43-30-29-38(33-50(43)55)40-21-10-11-24-44(40)51-34-52(57-54(56-51)36-17-4-3-5-18-36)45-25-12-13-26-46(45)53-41-22-9-7-19-37(41)32-48-39-20-8-6-16-35(39)28-31-47(48)53/h3-34H,1-2H3. The number of aromatic nitrogens is 2. The van der Waals surface area contributed by atoms with Gasteiger partial charge >= 0.3 is 0 Å². The first-order valence-corrected chi connectivity index (χ1v) is 19.7. The normalized spacial score (nSPS) is 12.9. The molecule has 57 heavy (non-hydrogen) atoms. The van der Waals surface area contributed by atoms with Gasteiger partial charge in [-0.1, -0.05) is 190 Å². The summed E-state index contributed by atoms with van der Waals surface area (Å²) in [5, 5.41) is 7.41. The molecule has 2 nitrogen and oxygen atoms in total. The first kappa shape index (κ1) is 33.2. The third-order valence-corrected chi connectivity index (χ3v) is 12.1. The van der Waals surface area contributed by atoms with Crippen molar-refractivity contribution in [2.45, 2.75) is 19.3 Å². The Bertz CT molecular complexity index is 3210. The predicted molar refractivity (Wildman–Crippen MR) is 239 cm³/mol. The van der Waals surface area contributed by atoms with Gasteiger partial charge < -0.3 is 0 Å². The van der Waals surface area contributed by atoms with Crippen molar-refractivity contribution in [3.8, 4) is 67.3 Å². The summed E-state index contributed by atoms with van der Waals surface area (Å²) in [5.74, 6) is 0.701. The molecule has 1 heterocycles. The molecule has 0 saturated heterocycles. The van der Waals surface area contributed by atoms with E-state index in [9.17, 15) is 0 Å². The first-order chi connectivity index (χ1) is 28.0. The van der Waals surface area contributed by atoms with Gasteiger partial charge in [-0.2, -0.15) is 0 Å². The number of benzene rings is 9. The quantitative estimate of drug-likeness (QED) is 0.130. The van der Waals surface area contributed by atoms with Gasteiger partial charge in [-0.15, -0.1) is 0 Å². The summed E-state index contributed by atoms with van der Waals surface area (Å²) < 4.78 is 0. The van der Waals surface area contributed by atoms with Gasteiger partial charge in [0.15, 0.2) is 5.82 Å². The molecule has 0 spiro atoms. The summed E-state index contributed by atoms with van der Waals surface area (Å²) in [6.45, 7) is 4.69. The van der Waals surface area contributed by atoms with Crippen LogP contribution in [0.5, 0.6) is 0 Å². The summed E-state index contributed by atoms with van der Waals surface area (Å²) in [7, 11) is 0. The van der Waals surface area contributed by atoms with Gasteiger partial charge in [-0.25, -0.2) is 9.97 Å². The SMILES string of the molecule is CC1(C)c2ccccc2-c2ccc(-c3ccccc3-c3cc(-c4ccccc4-c4c5ccccc5cc5c4ccc4ccccc45)nc(-c4ccccc4)n3)cc21. The Morgan fingerprint density at radius 2 is 0.912 bits per heavy atom. The second kappa shape index (κ2) is 13.0. The van der Waals surface area contributed by atoms with Crippen LogP contribution < -0.4 is 0 Å². The fourth-order valence-corrected chi connectivity index (χ4v) is 9.30. The van der Waals surface area contributed by atoms with Crippen molar-refractivity contribution < 1.29 is 0 Å². The fourth-order valence-electron chi connectivity index (χ4n) is 9.30. The number of rotatable bonds is 5. The van der Waals surface area contributed by atoms with Crippen LogP contribution in [-0.2, 0) is 5.41 Å². The molecule has 0 fully saturated rings. The Kier molecular flexibility index (Phi) is 7.55. The Morgan fingerprint density at radius 1 is 0.333 bits per heavy atom. The second-order valence-electron chi connectivity index (χ2n) is 15.7. The summed E-state index contributed by atoms with van der Waals surface area (Å²) in [6.07, 6.45) is 0. The molecule has 2 heteroatoms. The van der Waals surface area contributed by atoms with E-state index in [1.807, 2.05) is 6.07 Å². The van der Waals surface area contributed by atoms with Crippen LogP contribution in [0.15, 0.2) is 194 Å². The maximum absolute atomic E-state index is 5.38. The van der Waals surface area contributed by atoms with Crippen LogP contribution in [0, 0.1) is 0 Å². The minimum atomic E-state index is -0.0960. The van der Waals surface area contributed by atoms with Crippen LogP contribution in [0.2, 0.25) is 0 Å². The average molecular weight is 727 g/mol. The molecular formula is C55H38N2. The van der Waals surface area contributed by atoms with Crippen LogP contribution in [0.25, 0.3) is 99.6 Å². The fraction of sp³-hybridized carbons (Fsp3) is 0.0545. The van der Waals surface area contributed by atoms with E-state index in [-0.39, 0.29) is 5.41 Å². The molecule has 1 aromatic heterocycles. The lowest BCUT2D eigenvalue weighted by Crippen LogP contribution is -2.14. The highest BCUT2D eigenvalue weighted by Gasteiger charge is 2.35. The zero-order chi connectivity index (χ0) is 38.1. The average Bonchev–Trinajstić information content (AvgIpc) is 3.50. The topological polar surface area (TPSA) is 25.8 Å². The molecule has 0 aliphatic heterocycles. The van der Waals surface area contributed by atoms with Crippen LogP contribution >= 0.6 is 0 Å². The third kappa shape index (κ3) is 5.33. The van der Waals surface area contributed by atoms with Gasteiger partial charge in [-0.3, -0.25) is 0 Å². The summed E-state index contributed by atoms with van der Waals surface area (Å²) >= 11 is 0. The number of hydrogen-bond donors (Lipinski definition) is 0. The Morgan fingerprint density at radius 3 is 1.68 bits per heavy atom. The Labute approximate surface area is 332 Å². The van der Waals surface area contributed by atoms with E-state index in [2.05, 4.69) is 202 Å². The predicted octanol–water partition coefficient (Wildman–Crippen LogP) is 14.6. The minimum Gasteiger partial charge on any atom is -0.228 e. The van der Waals surface area contributed by atoms with Gasteiger partial charge in [0.25, 0.3) is 0 Å². The molecule has 1 aliphatic carbocycles. The van der Waals surface area contributed by atoms with Gasteiger partial charge in [0.1, 0.15) is 0 Å². The van der Waals surface area contributed by atoms with Crippen molar-refractivity contribution in [2.24, 2.45) is 0 Å². The molecule has 0 saturated carbocycles. The number of nitrogens with zero attached hydrogens (tertiary/aromatic N) is 2. The van der Waals surface area contributed by atoms with Crippen molar-refractivity contribution >= 4 is 32.3 Å². The molecule has 1 aliphatic rings. The smallest absolute Gasteiger partial charge is 0.160 e. The molecule has 0 unspecified atom stereocenters. The summed E-state index contributed by atoms with van der Waals surface area (Å²) in [4.78, 5) is 10.7. The number of hydrogen-bond acceptors (Lipinski definition) is 2. The van der Waals surface area contributed by atoms with Crippen molar-refractivity contribution in [2.75, 3.05) is 0 Å². The molecule has 0 amide bonds. The lowest BCUT2D eigenvalue weighted by Gasteiger charge is -2.22.